The molecule has 0 aliphatic rings. The molecule has 0 saturated carbocycles. The summed E-state index contributed by atoms with van der Waals surface area (Å²) in [5, 5.41) is 8.48. The molecule has 5 nitrogen and oxygen atoms in total. The lowest BCUT2D eigenvalue weighted by Crippen LogP contribution is -2.15. The molecule has 1 rings (SSSR count). The van der Waals surface area contributed by atoms with Gasteiger partial charge in [-0.05, 0) is 6.92 Å². The predicted octanol–water partition coefficient (Wildman–Crippen LogP) is 0.260. The zero-order valence-corrected chi connectivity index (χ0v) is 7.27. The van der Waals surface area contributed by atoms with Crippen LogP contribution in [0.5, 0.6) is 0 Å². The maximum atomic E-state index is 10.3. The minimum Gasteiger partial charge on any atom is -0.481 e. The van der Waals surface area contributed by atoms with E-state index in [0.717, 1.165) is 0 Å². The van der Waals surface area contributed by atoms with E-state index in [2.05, 4.69) is 9.97 Å². The first-order valence-electron chi connectivity index (χ1n) is 3.85. The van der Waals surface area contributed by atoms with Crippen LogP contribution in [-0.2, 0) is 4.79 Å². The molecule has 13 heavy (non-hydrogen) atoms. The Bertz CT molecular complexity index is 297. The molecule has 70 valence electrons. The van der Waals surface area contributed by atoms with Crippen LogP contribution >= 0.6 is 0 Å². The van der Waals surface area contributed by atoms with Gasteiger partial charge in [0.2, 0.25) is 0 Å². The molecule has 0 saturated heterocycles. The third-order valence-corrected chi connectivity index (χ3v) is 1.62. The molecular weight excluding hydrogens is 170 g/mol. The van der Waals surface area contributed by atoms with Gasteiger partial charge in [-0.2, -0.15) is 0 Å². The highest BCUT2D eigenvalue weighted by atomic mass is 16.4. The van der Waals surface area contributed by atoms with Gasteiger partial charge in [-0.25, -0.2) is 9.97 Å². The molecule has 0 radical (unpaired) electrons. The number of hydrogen-bond donors (Lipinski definition) is 2. The average molecular weight is 181 g/mol. The van der Waals surface area contributed by atoms with Crippen LogP contribution in [0.2, 0.25) is 0 Å². The molecular formula is C8H11N3O2. The quantitative estimate of drug-likeness (QED) is 0.698. The predicted molar refractivity (Wildman–Crippen MR) is 46.0 cm³/mol. The minimum absolute atomic E-state index is 0.105. The Kier molecular flexibility index (Phi) is 2.92. The third kappa shape index (κ3) is 2.79. The number of carboxylic acid groups (broad SMARTS) is 1. The van der Waals surface area contributed by atoms with E-state index in [1.807, 2.05) is 0 Å². The second-order valence-corrected chi connectivity index (χ2v) is 2.77. The van der Waals surface area contributed by atoms with E-state index in [9.17, 15) is 4.79 Å². The van der Waals surface area contributed by atoms with Gasteiger partial charge in [0.15, 0.2) is 0 Å². The number of aliphatic carboxylic acids is 1. The van der Waals surface area contributed by atoms with Crippen molar-refractivity contribution in [1.29, 1.82) is 0 Å². The van der Waals surface area contributed by atoms with Crippen molar-refractivity contribution in [1.82, 2.24) is 9.97 Å². The highest BCUT2D eigenvalue weighted by molar-refractivity contribution is 5.67. The van der Waals surface area contributed by atoms with Gasteiger partial charge >= 0.3 is 5.97 Å². The molecule has 0 bridgehead atoms. The van der Waals surface area contributed by atoms with E-state index >= 15 is 0 Å². The van der Waals surface area contributed by atoms with Gasteiger partial charge in [-0.3, -0.25) is 4.79 Å². The third-order valence-electron chi connectivity index (χ3n) is 1.62. The second kappa shape index (κ2) is 3.95. The summed E-state index contributed by atoms with van der Waals surface area (Å²) >= 11 is 0. The van der Waals surface area contributed by atoms with Crippen molar-refractivity contribution in [2.45, 2.75) is 19.4 Å². The van der Waals surface area contributed by atoms with Gasteiger partial charge in [0.25, 0.3) is 0 Å². The van der Waals surface area contributed by atoms with Crippen molar-refractivity contribution >= 4 is 5.97 Å². The first-order chi connectivity index (χ1) is 6.09. The summed E-state index contributed by atoms with van der Waals surface area (Å²) in [6.07, 6.45) is 3.00. The number of carbonyl (C=O) groups is 1. The molecule has 1 atom stereocenters. The van der Waals surface area contributed by atoms with Crippen LogP contribution in [-0.4, -0.2) is 21.0 Å². The zero-order valence-electron chi connectivity index (χ0n) is 7.27. The smallest absolute Gasteiger partial charge is 0.305 e. The minimum atomic E-state index is -0.923. The lowest BCUT2D eigenvalue weighted by Gasteiger charge is -2.07. The molecule has 0 spiro atoms. The van der Waals surface area contributed by atoms with Crippen molar-refractivity contribution in [3.63, 3.8) is 0 Å². The summed E-state index contributed by atoms with van der Waals surface area (Å²) in [5.74, 6) is -0.278. The maximum absolute atomic E-state index is 10.3. The van der Waals surface area contributed by atoms with E-state index in [1.54, 1.807) is 19.3 Å². The first kappa shape index (κ1) is 9.60. The summed E-state index contributed by atoms with van der Waals surface area (Å²) in [6, 6.07) is -0.530. The fourth-order valence-corrected chi connectivity index (χ4v) is 0.900. The van der Waals surface area contributed by atoms with E-state index in [-0.39, 0.29) is 6.42 Å². The highest BCUT2D eigenvalue weighted by Crippen LogP contribution is 2.10. The lowest BCUT2D eigenvalue weighted by molar-refractivity contribution is -0.137. The Morgan fingerprint density at radius 2 is 2.15 bits per heavy atom. The van der Waals surface area contributed by atoms with E-state index in [0.29, 0.717) is 11.4 Å². The van der Waals surface area contributed by atoms with Crippen molar-refractivity contribution in [3.8, 4) is 0 Å². The van der Waals surface area contributed by atoms with Gasteiger partial charge in [-0.15, -0.1) is 0 Å². The molecule has 0 amide bonds. The van der Waals surface area contributed by atoms with Crippen LogP contribution in [0, 0.1) is 6.92 Å². The topological polar surface area (TPSA) is 89.1 Å². The maximum Gasteiger partial charge on any atom is 0.305 e. The van der Waals surface area contributed by atoms with Crippen molar-refractivity contribution in [2.75, 3.05) is 0 Å². The van der Waals surface area contributed by atoms with E-state index in [4.69, 9.17) is 10.8 Å². The molecule has 5 heteroatoms. The number of hydrogen-bond acceptors (Lipinski definition) is 4. The van der Waals surface area contributed by atoms with Crippen LogP contribution < -0.4 is 5.73 Å². The Hall–Kier alpha value is -1.49. The Morgan fingerprint density at radius 3 is 2.62 bits per heavy atom. The molecule has 1 heterocycles. The van der Waals surface area contributed by atoms with Crippen LogP contribution in [0.15, 0.2) is 12.4 Å². The summed E-state index contributed by atoms with van der Waals surface area (Å²) in [5.41, 5.74) is 6.23. The summed E-state index contributed by atoms with van der Waals surface area (Å²) in [6.45, 7) is 1.76. The van der Waals surface area contributed by atoms with Crippen molar-refractivity contribution in [2.24, 2.45) is 5.73 Å². The normalized spacial score (nSPS) is 12.5. The van der Waals surface area contributed by atoms with Gasteiger partial charge in [0.1, 0.15) is 5.82 Å². The van der Waals surface area contributed by atoms with Crippen molar-refractivity contribution in [3.05, 3.63) is 23.8 Å². The molecule has 0 aliphatic carbocycles. The second-order valence-electron chi connectivity index (χ2n) is 2.77. The fraction of sp³-hybridized carbons (Fsp3) is 0.375. The van der Waals surface area contributed by atoms with E-state index < -0.39 is 12.0 Å². The molecule has 0 aliphatic heterocycles. The number of carboxylic acids is 1. The Morgan fingerprint density at radius 1 is 1.62 bits per heavy atom. The molecule has 0 unspecified atom stereocenters. The van der Waals surface area contributed by atoms with Crippen LogP contribution in [0.4, 0.5) is 0 Å². The summed E-state index contributed by atoms with van der Waals surface area (Å²) in [4.78, 5) is 18.2. The van der Waals surface area contributed by atoms with Crippen LogP contribution in [0.1, 0.15) is 23.9 Å². The highest BCUT2D eigenvalue weighted by Gasteiger charge is 2.10. The molecule has 0 fully saturated rings. The molecule has 0 aromatic carbocycles. The van der Waals surface area contributed by atoms with Gasteiger partial charge in [0, 0.05) is 24.0 Å². The van der Waals surface area contributed by atoms with Gasteiger partial charge in [0.05, 0.1) is 6.42 Å². The first-order valence-corrected chi connectivity index (χ1v) is 3.85. The van der Waals surface area contributed by atoms with Gasteiger partial charge in [-0.1, -0.05) is 0 Å². The Labute approximate surface area is 75.6 Å². The monoisotopic (exact) mass is 181 g/mol. The average Bonchev–Trinajstić information content (AvgIpc) is 2.04. The fourth-order valence-electron chi connectivity index (χ4n) is 0.900. The molecule has 1 aromatic heterocycles. The molecule has 1 aromatic rings. The number of aryl methyl sites for hydroxylation is 1. The SMILES string of the molecule is Cc1ncc([C@H](N)CC(=O)O)cn1. The number of aromatic nitrogens is 2. The van der Waals surface area contributed by atoms with Crippen LogP contribution in [0.25, 0.3) is 0 Å². The van der Waals surface area contributed by atoms with E-state index in [1.165, 1.54) is 0 Å². The standard InChI is InChI=1S/C8H11N3O2/c1-5-10-3-6(4-11-5)7(9)2-8(12)13/h3-4,7H,2,9H2,1H3,(H,12,13)/t7-/m1/s1. The van der Waals surface area contributed by atoms with Gasteiger partial charge < -0.3 is 10.8 Å². The largest absolute Gasteiger partial charge is 0.481 e. The number of nitrogens with two attached hydrogens (primary N) is 1. The number of nitrogens with zero attached hydrogens (tertiary/aromatic N) is 2. The van der Waals surface area contributed by atoms with Crippen molar-refractivity contribution < 1.29 is 9.90 Å². The summed E-state index contributed by atoms with van der Waals surface area (Å²) in [7, 11) is 0. The summed E-state index contributed by atoms with van der Waals surface area (Å²) < 4.78 is 0. The zero-order chi connectivity index (χ0) is 9.84. The lowest BCUT2D eigenvalue weighted by atomic mass is 10.1. The molecule has 3 N–H and O–H groups in total. The number of rotatable bonds is 3. The Balaban J connectivity index is 2.71. The van der Waals surface area contributed by atoms with Crippen LogP contribution in [0.3, 0.4) is 0 Å².